The number of para-hydroxylation sites is 2. The van der Waals surface area contributed by atoms with E-state index < -0.39 is 17.2 Å². The Labute approximate surface area is 202 Å². The minimum absolute atomic E-state index is 0. The molecule has 0 spiro atoms. The van der Waals surface area contributed by atoms with Gasteiger partial charge >= 0.3 is 35.2 Å². The molecular formula is C20H19N4NaO5S. The van der Waals surface area contributed by atoms with Gasteiger partial charge < -0.3 is 19.6 Å². The number of hydrogen-bond donors (Lipinski definition) is 1. The molecule has 11 heteroatoms. The van der Waals surface area contributed by atoms with Crippen LogP contribution in [0, 0.1) is 0 Å². The van der Waals surface area contributed by atoms with E-state index in [1.807, 2.05) is 18.2 Å². The van der Waals surface area contributed by atoms with Gasteiger partial charge in [-0.3, -0.25) is 13.9 Å². The largest absolute Gasteiger partial charge is 1.00 e. The van der Waals surface area contributed by atoms with Crippen LogP contribution in [0.4, 0.5) is 0 Å². The fraction of sp³-hybridized carbons (Fsp3) is 0.300. The molecule has 4 aromatic rings. The number of aromatic carboxylic acids is 1. The number of nitrogens with zero attached hydrogens (tertiary/aromatic N) is 4. The summed E-state index contributed by atoms with van der Waals surface area (Å²) in [6.07, 6.45) is 0. The number of rotatable bonds is 5. The molecule has 0 saturated carbocycles. The van der Waals surface area contributed by atoms with E-state index in [0.29, 0.717) is 21.0 Å². The number of carboxylic acid groups (broad SMARTS) is 1. The molecule has 4 rings (SSSR count). The first kappa shape index (κ1) is 23.4. The number of aliphatic hydroxyl groups excluding tert-OH is 1. The van der Waals surface area contributed by atoms with E-state index in [4.69, 9.17) is 0 Å². The van der Waals surface area contributed by atoms with Gasteiger partial charge in [-0.25, -0.2) is 9.78 Å². The first-order chi connectivity index (χ1) is 14.3. The van der Waals surface area contributed by atoms with Gasteiger partial charge in [-0.15, -0.1) is 11.3 Å². The Morgan fingerprint density at radius 1 is 1.26 bits per heavy atom. The molecule has 0 atom stereocenters. The van der Waals surface area contributed by atoms with Gasteiger partial charge in [0.05, 0.1) is 28.9 Å². The summed E-state index contributed by atoms with van der Waals surface area (Å²) in [6.45, 7) is 3.31. The van der Waals surface area contributed by atoms with Gasteiger partial charge in [0.1, 0.15) is 17.3 Å². The number of aliphatic hydroxyl groups is 1. The molecule has 0 saturated heterocycles. The van der Waals surface area contributed by atoms with Crippen molar-refractivity contribution in [2.24, 2.45) is 7.05 Å². The Hall–Kier alpha value is -2.24. The number of carboxylic acids is 1. The van der Waals surface area contributed by atoms with Crippen molar-refractivity contribution in [2.75, 3.05) is 0 Å². The monoisotopic (exact) mass is 450 g/mol. The third kappa shape index (κ3) is 3.68. The number of benzene rings is 1. The second-order valence-corrected chi connectivity index (χ2v) is 8.32. The Kier molecular flexibility index (Phi) is 6.59. The molecule has 0 radical (unpaired) electrons. The normalized spacial score (nSPS) is 11.4. The molecule has 0 amide bonds. The molecule has 0 aliphatic carbocycles. The first-order valence-electron chi connectivity index (χ1n) is 9.29. The summed E-state index contributed by atoms with van der Waals surface area (Å²) in [5, 5.41) is 21.8. The van der Waals surface area contributed by atoms with Crippen LogP contribution < -0.4 is 45.9 Å². The van der Waals surface area contributed by atoms with E-state index in [-0.39, 0.29) is 59.7 Å². The number of fused-ring (bicyclic) bond motifs is 2. The van der Waals surface area contributed by atoms with E-state index >= 15 is 0 Å². The molecule has 156 valence electrons. The number of carbonyl (C=O) groups is 1. The zero-order chi connectivity index (χ0) is 21.7. The number of thiophene rings is 1. The van der Waals surface area contributed by atoms with Gasteiger partial charge in [0.15, 0.2) is 0 Å². The van der Waals surface area contributed by atoms with Crippen molar-refractivity contribution in [3.8, 4) is 0 Å². The van der Waals surface area contributed by atoms with E-state index in [1.54, 1.807) is 24.5 Å². The summed E-state index contributed by atoms with van der Waals surface area (Å²) < 4.78 is 4.03. The SMILES string of the molecule is CC(C)n1c(=O)n(C)c(=O)c2c(C(=O)[O-])c(Cn3c(CO)nc4ccccc43)sc21.[Na+]. The van der Waals surface area contributed by atoms with Crippen LogP contribution in [0.15, 0.2) is 33.9 Å². The van der Waals surface area contributed by atoms with Gasteiger partial charge in [0.25, 0.3) is 5.56 Å². The van der Waals surface area contributed by atoms with Crippen molar-refractivity contribution in [1.82, 2.24) is 18.7 Å². The fourth-order valence-corrected chi connectivity index (χ4v) is 5.08. The number of hydrogen-bond acceptors (Lipinski definition) is 7. The van der Waals surface area contributed by atoms with Crippen LogP contribution in [0.25, 0.3) is 21.3 Å². The smallest absolute Gasteiger partial charge is 0.545 e. The van der Waals surface area contributed by atoms with Crippen LogP contribution in [0.1, 0.15) is 40.9 Å². The average molecular weight is 450 g/mol. The van der Waals surface area contributed by atoms with Crippen molar-refractivity contribution < 1.29 is 44.6 Å². The average Bonchev–Trinajstić information content (AvgIpc) is 3.25. The van der Waals surface area contributed by atoms with Crippen molar-refractivity contribution in [2.45, 2.75) is 33.0 Å². The van der Waals surface area contributed by atoms with Gasteiger partial charge in [-0.2, -0.15) is 0 Å². The minimum Gasteiger partial charge on any atom is -0.545 e. The molecule has 0 unspecified atom stereocenters. The Morgan fingerprint density at radius 2 is 1.94 bits per heavy atom. The zero-order valence-electron chi connectivity index (χ0n) is 17.6. The minimum atomic E-state index is -1.49. The van der Waals surface area contributed by atoms with Crippen molar-refractivity contribution in [3.05, 3.63) is 61.4 Å². The molecule has 9 nitrogen and oxygen atoms in total. The second-order valence-electron chi connectivity index (χ2n) is 7.24. The van der Waals surface area contributed by atoms with E-state index in [2.05, 4.69) is 4.98 Å². The molecule has 1 N–H and O–H groups in total. The maximum absolute atomic E-state index is 12.8. The molecule has 0 fully saturated rings. The van der Waals surface area contributed by atoms with Crippen LogP contribution in [-0.2, 0) is 20.2 Å². The standard InChI is InChI=1S/C20H20N4O5S.Na/c1-10(2)24-18-16(17(26)22(3)20(24)29)15(19(27)28)13(30-18)8-23-12-7-5-4-6-11(12)21-14(23)9-25;/h4-7,10,25H,8-9H2,1-3H3,(H,27,28);/q;+1/p-1. The maximum atomic E-state index is 12.8. The fourth-order valence-electron chi connectivity index (χ4n) is 3.68. The predicted octanol–water partition coefficient (Wildman–Crippen LogP) is -2.40. The van der Waals surface area contributed by atoms with Gasteiger partial charge in [0.2, 0.25) is 0 Å². The Morgan fingerprint density at radius 3 is 2.55 bits per heavy atom. The van der Waals surface area contributed by atoms with Crippen molar-refractivity contribution >= 4 is 38.6 Å². The molecule has 0 bridgehead atoms. The van der Waals surface area contributed by atoms with Gasteiger partial charge in [0, 0.05) is 23.5 Å². The van der Waals surface area contributed by atoms with Crippen LogP contribution in [0.3, 0.4) is 0 Å². The summed E-state index contributed by atoms with van der Waals surface area (Å²) in [4.78, 5) is 42.5. The van der Waals surface area contributed by atoms with Crippen LogP contribution in [-0.4, -0.2) is 29.8 Å². The van der Waals surface area contributed by atoms with Crippen molar-refractivity contribution in [1.29, 1.82) is 0 Å². The molecular weight excluding hydrogens is 431 g/mol. The van der Waals surface area contributed by atoms with Crippen LogP contribution in [0.5, 0.6) is 0 Å². The Balaban J connectivity index is 0.00000272. The molecule has 0 aliphatic heterocycles. The summed E-state index contributed by atoms with van der Waals surface area (Å²) in [5.41, 5.74) is -0.0346. The number of carbonyl (C=O) groups excluding carboxylic acids is 1. The maximum Gasteiger partial charge on any atom is 1.00 e. The quantitative estimate of drug-likeness (QED) is 0.338. The van der Waals surface area contributed by atoms with E-state index in [1.165, 1.54) is 11.6 Å². The van der Waals surface area contributed by atoms with E-state index in [9.17, 15) is 24.6 Å². The van der Waals surface area contributed by atoms with Gasteiger partial charge in [-0.05, 0) is 26.0 Å². The Bertz CT molecular complexity index is 1430. The zero-order valence-corrected chi connectivity index (χ0v) is 20.4. The van der Waals surface area contributed by atoms with Crippen molar-refractivity contribution in [3.63, 3.8) is 0 Å². The summed E-state index contributed by atoms with van der Waals surface area (Å²) in [7, 11) is 1.33. The molecule has 31 heavy (non-hydrogen) atoms. The third-order valence-corrected chi connectivity index (χ3v) is 6.26. The first-order valence-corrected chi connectivity index (χ1v) is 10.1. The number of imidazole rings is 1. The van der Waals surface area contributed by atoms with E-state index in [0.717, 1.165) is 21.4 Å². The van der Waals surface area contributed by atoms with Gasteiger partial charge in [-0.1, -0.05) is 12.1 Å². The van der Waals surface area contributed by atoms with Crippen LogP contribution in [0.2, 0.25) is 0 Å². The molecule has 3 aromatic heterocycles. The predicted molar refractivity (Wildman–Crippen MR) is 111 cm³/mol. The number of aromatic nitrogens is 4. The third-order valence-electron chi connectivity index (χ3n) is 5.09. The second kappa shape index (κ2) is 8.71. The van der Waals surface area contributed by atoms with Crippen LogP contribution >= 0.6 is 11.3 Å². The summed E-state index contributed by atoms with van der Waals surface area (Å²) in [6, 6.07) is 6.96. The summed E-state index contributed by atoms with van der Waals surface area (Å²) in [5.74, 6) is -1.12. The molecule has 3 heterocycles. The summed E-state index contributed by atoms with van der Waals surface area (Å²) >= 11 is 1.07. The molecule has 1 aromatic carbocycles. The topological polar surface area (TPSA) is 122 Å². The molecule has 0 aliphatic rings.